The molecule has 0 heterocycles. The van der Waals surface area contributed by atoms with Crippen molar-refractivity contribution in [1.29, 1.82) is 0 Å². The number of benzene rings is 2. The Hall–Kier alpha value is -3.02. The molecule has 0 amide bonds. The monoisotopic (exact) mass is 526 g/mol. The molecule has 0 aliphatic heterocycles. The lowest BCUT2D eigenvalue weighted by molar-refractivity contribution is -0.242. The molecule has 0 spiro atoms. The molecule has 0 aromatic heterocycles. The maximum absolute atomic E-state index is 12.6. The fourth-order valence-electron chi connectivity index (χ4n) is 4.18. The summed E-state index contributed by atoms with van der Waals surface area (Å²) in [7, 11) is 0. The second-order valence-electron chi connectivity index (χ2n) is 14.3. The van der Waals surface area contributed by atoms with Gasteiger partial charge in [0.25, 0.3) is 0 Å². The molecule has 2 rings (SSSR count). The Labute approximate surface area is 228 Å². The Morgan fingerprint density at radius 3 is 0.868 bits per heavy atom. The Kier molecular flexibility index (Phi) is 8.72. The van der Waals surface area contributed by atoms with Crippen molar-refractivity contribution in [3.05, 3.63) is 57.6 Å². The third-order valence-corrected chi connectivity index (χ3v) is 6.27. The summed E-state index contributed by atoms with van der Waals surface area (Å²) in [6.45, 7) is 28.6. The topological polar surface area (TPSA) is 71.1 Å². The van der Waals surface area contributed by atoms with Crippen molar-refractivity contribution in [2.75, 3.05) is 0 Å². The molecule has 0 aliphatic rings. The van der Waals surface area contributed by atoms with Crippen LogP contribution >= 0.6 is 0 Å². The maximum Gasteiger partial charge on any atom is 0.467 e. The normalized spacial score (nSPS) is 12.7. The zero-order chi connectivity index (χ0) is 29.4. The Bertz CT molecular complexity index is 1030. The van der Waals surface area contributed by atoms with E-state index in [-0.39, 0.29) is 21.7 Å². The van der Waals surface area contributed by atoms with Crippen LogP contribution in [-0.2, 0) is 41.0 Å². The second-order valence-corrected chi connectivity index (χ2v) is 14.3. The highest BCUT2D eigenvalue weighted by Gasteiger charge is 2.32. The number of carbonyl (C=O) groups excluding carboxylic acids is 2. The van der Waals surface area contributed by atoms with Crippen LogP contribution in [0.2, 0.25) is 0 Å². The fraction of sp³-hybridized carbons (Fsp3) is 0.562. The van der Waals surface area contributed by atoms with Crippen LogP contribution in [-0.4, -0.2) is 11.9 Å². The number of aryl methyl sites for hydroxylation is 2. The summed E-state index contributed by atoms with van der Waals surface area (Å²) < 4.78 is 0. The van der Waals surface area contributed by atoms with Crippen LogP contribution in [0.25, 0.3) is 0 Å². The molecule has 2 aromatic carbocycles. The highest BCUT2D eigenvalue weighted by molar-refractivity contribution is 6.29. The molecule has 6 nitrogen and oxygen atoms in total. The third kappa shape index (κ3) is 7.52. The van der Waals surface area contributed by atoms with E-state index in [1.807, 2.05) is 121 Å². The van der Waals surface area contributed by atoms with Crippen LogP contribution in [0.3, 0.4) is 0 Å². The Balaban J connectivity index is 2.33. The smallest absolute Gasteiger partial charge is 0.286 e. The standard InChI is InChI=1S/C32H46O6/c1-19-15-21(29(3,4)5)25(22(16-19)30(6,7)8)35-37-27(33)28(34)38-36-26-23(31(9,10)11)17-20(2)18-24(26)32(12,13)14/h15-18H,1-14H3. The van der Waals surface area contributed by atoms with Gasteiger partial charge in [-0.2, -0.15) is 0 Å². The van der Waals surface area contributed by atoms with Crippen molar-refractivity contribution in [2.45, 2.75) is 119 Å². The Morgan fingerprint density at radius 2 is 0.684 bits per heavy atom. The molecule has 0 saturated carbocycles. The van der Waals surface area contributed by atoms with Gasteiger partial charge in [-0.25, -0.2) is 19.4 Å². The summed E-state index contributed by atoms with van der Waals surface area (Å²) in [4.78, 5) is 46.5. The van der Waals surface area contributed by atoms with E-state index in [2.05, 4.69) is 0 Å². The molecule has 0 N–H and O–H groups in total. The second kappa shape index (κ2) is 10.6. The number of rotatable bonds is 4. The number of carbonyl (C=O) groups is 2. The molecule has 0 fully saturated rings. The molecule has 0 radical (unpaired) electrons. The molecule has 0 saturated heterocycles. The van der Waals surface area contributed by atoms with Gasteiger partial charge in [-0.3, -0.25) is 9.78 Å². The van der Waals surface area contributed by atoms with E-state index >= 15 is 0 Å². The van der Waals surface area contributed by atoms with Crippen LogP contribution in [0.5, 0.6) is 11.5 Å². The summed E-state index contributed by atoms with van der Waals surface area (Å²) in [5.74, 6) is -1.79. The quantitative estimate of drug-likeness (QED) is 0.229. The summed E-state index contributed by atoms with van der Waals surface area (Å²) in [5, 5.41) is 0. The first-order valence-corrected chi connectivity index (χ1v) is 13.1. The minimum Gasteiger partial charge on any atom is -0.286 e. The molecule has 2 aromatic rings. The van der Waals surface area contributed by atoms with Crippen LogP contribution in [0.4, 0.5) is 0 Å². The average molecular weight is 527 g/mol. The van der Waals surface area contributed by atoms with Gasteiger partial charge in [0.15, 0.2) is 11.5 Å². The number of hydrogen-bond acceptors (Lipinski definition) is 6. The first-order chi connectivity index (χ1) is 17.0. The van der Waals surface area contributed by atoms with Gasteiger partial charge < -0.3 is 0 Å². The lowest BCUT2D eigenvalue weighted by Crippen LogP contribution is -2.27. The lowest BCUT2D eigenvalue weighted by atomic mass is 9.78. The van der Waals surface area contributed by atoms with Crippen LogP contribution in [0.1, 0.15) is 116 Å². The largest absolute Gasteiger partial charge is 0.467 e. The molecule has 38 heavy (non-hydrogen) atoms. The summed E-state index contributed by atoms with van der Waals surface area (Å²) in [6.07, 6.45) is 0. The summed E-state index contributed by atoms with van der Waals surface area (Å²) in [6, 6.07) is 8.00. The van der Waals surface area contributed by atoms with E-state index < -0.39 is 11.9 Å². The molecule has 0 aliphatic carbocycles. The van der Waals surface area contributed by atoms with Gasteiger partial charge in [0.2, 0.25) is 0 Å². The minimum absolute atomic E-state index is 0.296. The van der Waals surface area contributed by atoms with E-state index in [1.54, 1.807) is 0 Å². The van der Waals surface area contributed by atoms with E-state index in [0.717, 1.165) is 33.4 Å². The van der Waals surface area contributed by atoms with Crippen molar-refractivity contribution in [3.63, 3.8) is 0 Å². The van der Waals surface area contributed by atoms with Gasteiger partial charge in [-0.15, -0.1) is 0 Å². The minimum atomic E-state index is -1.31. The molecule has 0 bridgehead atoms. The van der Waals surface area contributed by atoms with Crippen molar-refractivity contribution in [1.82, 2.24) is 0 Å². The van der Waals surface area contributed by atoms with Crippen LogP contribution in [0, 0.1) is 13.8 Å². The highest BCUT2D eigenvalue weighted by Crippen LogP contribution is 2.42. The SMILES string of the molecule is Cc1cc(C(C)(C)C)c(OOC(=O)C(=O)OOc2c(C(C)(C)C)cc(C)cc2C(C)(C)C)c(C(C)(C)C)c1. The average Bonchev–Trinajstić information content (AvgIpc) is 2.73. The summed E-state index contributed by atoms with van der Waals surface area (Å²) >= 11 is 0. The lowest BCUT2D eigenvalue weighted by Gasteiger charge is -2.29. The predicted octanol–water partition coefficient (Wildman–Crippen LogP) is 7.87. The molecular weight excluding hydrogens is 480 g/mol. The molecular formula is C32H46O6. The van der Waals surface area contributed by atoms with Gasteiger partial charge in [0, 0.05) is 22.3 Å². The van der Waals surface area contributed by atoms with Crippen LogP contribution in [0.15, 0.2) is 24.3 Å². The van der Waals surface area contributed by atoms with Gasteiger partial charge >= 0.3 is 11.9 Å². The zero-order valence-corrected chi connectivity index (χ0v) is 25.8. The predicted molar refractivity (Wildman–Crippen MR) is 151 cm³/mol. The first-order valence-electron chi connectivity index (χ1n) is 13.1. The van der Waals surface area contributed by atoms with Crippen molar-refractivity contribution in [3.8, 4) is 11.5 Å². The van der Waals surface area contributed by atoms with Crippen molar-refractivity contribution in [2.24, 2.45) is 0 Å². The zero-order valence-electron chi connectivity index (χ0n) is 25.8. The maximum atomic E-state index is 12.6. The first kappa shape index (κ1) is 31.2. The molecule has 210 valence electrons. The van der Waals surface area contributed by atoms with E-state index in [9.17, 15) is 9.59 Å². The van der Waals surface area contributed by atoms with Crippen molar-refractivity contribution >= 4 is 11.9 Å². The Morgan fingerprint density at radius 1 is 0.474 bits per heavy atom. The summed E-state index contributed by atoms with van der Waals surface area (Å²) in [5.41, 5.74) is 4.40. The third-order valence-electron chi connectivity index (χ3n) is 6.27. The van der Waals surface area contributed by atoms with E-state index in [1.165, 1.54) is 0 Å². The molecule has 0 atom stereocenters. The highest BCUT2D eigenvalue weighted by atomic mass is 17.2. The van der Waals surface area contributed by atoms with Gasteiger partial charge in [0.05, 0.1) is 0 Å². The van der Waals surface area contributed by atoms with Gasteiger partial charge in [-0.05, 0) is 35.5 Å². The molecule has 6 heteroatoms. The van der Waals surface area contributed by atoms with Crippen molar-refractivity contribution < 1.29 is 29.1 Å². The van der Waals surface area contributed by atoms with Crippen LogP contribution < -0.4 is 9.78 Å². The van der Waals surface area contributed by atoms with Gasteiger partial charge in [-0.1, -0.05) is 118 Å². The molecule has 0 unspecified atom stereocenters. The van der Waals surface area contributed by atoms with E-state index in [0.29, 0.717) is 11.5 Å². The fourth-order valence-corrected chi connectivity index (χ4v) is 4.18. The van der Waals surface area contributed by atoms with E-state index in [4.69, 9.17) is 19.6 Å². The number of hydrogen-bond donors (Lipinski definition) is 0. The van der Waals surface area contributed by atoms with Gasteiger partial charge in [0.1, 0.15) is 0 Å².